The predicted octanol–water partition coefficient (Wildman–Crippen LogP) is 3.97. The fraction of sp³-hybridized carbons (Fsp3) is 0.333. The lowest BCUT2D eigenvalue weighted by Gasteiger charge is -2.39. The van der Waals surface area contributed by atoms with Crippen LogP contribution in [0.2, 0.25) is 0 Å². The second-order valence-electron chi connectivity index (χ2n) is 7.21. The van der Waals surface area contributed by atoms with Crippen molar-refractivity contribution in [1.29, 1.82) is 0 Å². The number of carbonyl (C=O) groups is 2. The number of benzene rings is 2. The first kappa shape index (κ1) is 21.4. The molecule has 1 aliphatic heterocycles. The molecule has 3 rings (SSSR count). The lowest BCUT2D eigenvalue weighted by molar-refractivity contribution is -0.142. The van der Waals surface area contributed by atoms with Crippen LogP contribution in [0.25, 0.3) is 0 Å². The summed E-state index contributed by atoms with van der Waals surface area (Å²) < 4.78 is 10.6. The lowest BCUT2D eigenvalue weighted by atomic mass is 10.1. The van der Waals surface area contributed by atoms with E-state index in [2.05, 4.69) is 0 Å². The minimum Gasteiger partial charge on any atom is -0.463 e. The maximum Gasteiger partial charge on any atom is 0.355 e. The van der Waals surface area contributed by atoms with Crippen molar-refractivity contribution in [2.45, 2.75) is 27.7 Å². The zero-order chi connectivity index (χ0) is 21.7. The van der Waals surface area contributed by atoms with Crippen molar-refractivity contribution in [1.82, 2.24) is 0 Å². The standard InChI is InChI=1S/C24H28N2O4/c1-5-29-23(27)21-15-25(19-11-7-17(3)8-12-19)16-26(22(21)24(28)30-6-2)20-13-9-18(4)10-14-20/h7-14H,5-6,15-16H2,1-4H3. The highest BCUT2D eigenvalue weighted by Crippen LogP contribution is 2.31. The normalized spacial score (nSPS) is 14.0. The SMILES string of the molecule is CCOC(=O)C1=C(C(=O)OCC)N(c2ccc(C)cc2)CN(c2ccc(C)cc2)C1. The average molecular weight is 408 g/mol. The van der Waals surface area contributed by atoms with Crippen molar-refractivity contribution in [3.05, 3.63) is 70.9 Å². The highest BCUT2D eigenvalue weighted by Gasteiger charge is 2.35. The van der Waals surface area contributed by atoms with E-state index in [1.165, 1.54) is 0 Å². The summed E-state index contributed by atoms with van der Waals surface area (Å²) in [7, 11) is 0. The van der Waals surface area contributed by atoms with Gasteiger partial charge in [0.25, 0.3) is 0 Å². The number of aryl methyl sites for hydroxylation is 2. The first-order valence-electron chi connectivity index (χ1n) is 10.2. The Bertz CT molecular complexity index is 933. The summed E-state index contributed by atoms with van der Waals surface area (Å²) in [4.78, 5) is 29.6. The van der Waals surface area contributed by atoms with Crippen LogP contribution in [0.15, 0.2) is 59.8 Å². The predicted molar refractivity (Wildman–Crippen MR) is 117 cm³/mol. The van der Waals surface area contributed by atoms with E-state index in [4.69, 9.17) is 9.47 Å². The van der Waals surface area contributed by atoms with Gasteiger partial charge in [0.05, 0.1) is 32.0 Å². The number of hydrogen-bond acceptors (Lipinski definition) is 6. The van der Waals surface area contributed by atoms with E-state index in [9.17, 15) is 9.59 Å². The van der Waals surface area contributed by atoms with Gasteiger partial charge in [0.2, 0.25) is 0 Å². The number of hydrogen-bond donors (Lipinski definition) is 0. The molecular weight excluding hydrogens is 380 g/mol. The molecule has 0 N–H and O–H groups in total. The molecule has 0 saturated carbocycles. The number of ether oxygens (including phenoxy) is 2. The molecule has 30 heavy (non-hydrogen) atoms. The van der Waals surface area contributed by atoms with Crippen LogP contribution in [0, 0.1) is 13.8 Å². The molecule has 0 amide bonds. The molecule has 6 nitrogen and oxygen atoms in total. The first-order valence-corrected chi connectivity index (χ1v) is 10.2. The van der Waals surface area contributed by atoms with Gasteiger partial charge in [-0.3, -0.25) is 0 Å². The van der Waals surface area contributed by atoms with Crippen LogP contribution < -0.4 is 9.80 Å². The van der Waals surface area contributed by atoms with Gasteiger partial charge in [-0.25, -0.2) is 9.59 Å². The molecule has 1 heterocycles. The Morgan fingerprint density at radius 2 is 1.30 bits per heavy atom. The van der Waals surface area contributed by atoms with Gasteiger partial charge in [-0.15, -0.1) is 0 Å². The van der Waals surface area contributed by atoms with Crippen LogP contribution in [0.3, 0.4) is 0 Å². The van der Waals surface area contributed by atoms with E-state index in [1.807, 2.05) is 72.2 Å². The van der Waals surface area contributed by atoms with E-state index in [-0.39, 0.29) is 25.5 Å². The third-order valence-corrected chi connectivity index (χ3v) is 4.95. The van der Waals surface area contributed by atoms with Crippen LogP contribution in [-0.2, 0) is 19.1 Å². The van der Waals surface area contributed by atoms with Crippen molar-refractivity contribution in [2.75, 3.05) is 36.2 Å². The van der Waals surface area contributed by atoms with Gasteiger partial charge in [0, 0.05) is 11.4 Å². The van der Waals surface area contributed by atoms with Gasteiger partial charge >= 0.3 is 11.9 Å². The van der Waals surface area contributed by atoms with E-state index >= 15 is 0 Å². The molecule has 6 heteroatoms. The Hall–Kier alpha value is -3.28. The molecule has 0 aliphatic carbocycles. The van der Waals surface area contributed by atoms with E-state index in [0.29, 0.717) is 12.2 Å². The largest absolute Gasteiger partial charge is 0.463 e. The van der Waals surface area contributed by atoms with Gasteiger partial charge in [-0.05, 0) is 52.0 Å². The Morgan fingerprint density at radius 3 is 1.83 bits per heavy atom. The van der Waals surface area contributed by atoms with Crippen molar-refractivity contribution >= 4 is 23.3 Å². The van der Waals surface area contributed by atoms with Gasteiger partial charge in [-0.2, -0.15) is 0 Å². The maximum absolute atomic E-state index is 12.9. The summed E-state index contributed by atoms with van der Waals surface area (Å²) in [5.41, 5.74) is 4.56. The zero-order valence-electron chi connectivity index (χ0n) is 18.0. The highest BCUT2D eigenvalue weighted by molar-refractivity contribution is 6.04. The molecule has 0 aromatic heterocycles. The average Bonchev–Trinajstić information content (AvgIpc) is 2.74. The van der Waals surface area contributed by atoms with Crippen LogP contribution in [0.5, 0.6) is 0 Å². The third-order valence-electron chi connectivity index (χ3n) is 4.95. The van der Waals surface area contributed by atoms with E-state index < -0.39 is 11.9 Å². The number of nitrogens with zero attached hydrogens (tertiary/aromatic N) is 2. The summed E-state index contributed by atoms with van der Waals surface area (Å²) in [5.74, 6) is -1.03. The monoisotopic (exact) mass is 408 g/mol. The minimum atomic E-state index is -0.523. The Balaban J connectivity index is 2.12. The molecule has 0 radical (unpaired) electrons. The second kappa shape index (κ2) is 9.48. The first-order chi connectivity index (χ1) is 14.4. The zero-order valence-corrected chi connectivity index (χ0v) is 18.0. The summed E-state index contributed by atoms with van der Waals surface area (Å²) in [6, 6.07) is 15.9. The third kappa shape index (κ3) is 4.64. The highest BCUT2D eigenvalue weighted by atomic mass is 16.5. The van der Waals surface area contributed by atoms with Gasteiger partial charge in [-0.1, -0.05) is 35.4 Å². The van der Waals surface area contributed by atoms with Crippen molar-refractivity contribution < 1.29 is 19.1 Å². The Labute approximate surface area is 177 Å². The van der Waals surface area contributed by atoms with Crippen LogP contribution in [0.4, 0.5) is 11.4 Å². The Morgan fingerprint density at radius 1 is 0.800 bits per heavy atom. The molecule has 2 aromatic carbocycles. The van der Waals surface area contributed by atoms with Crippen LogP contribution >= 0.6 is 0 Å². The van der Waals surface area contributed by atoms with Crippen LogP contribution in [-0.4, -0.2) is 38.4 Å². The van der Waals surface area contributed by atoms with Crippen molar-refractivity contribution in [3.63, 3.8) is 0 Å². The number of esters is 2. The molecule has 0 unspecified atom stereocenters. The molecule has 158 valence electrons. The summed E-state index contributed by atoms with van der Waals surface area (Å²) in [6.07, 6.45) is 0. The van der Waals surface area contributed by atoms with Crippen LogP contribution in [0.1, 0.15) is 25.0 Å². The molecule has 0 saturated heterocycles. The van der Waals surface area contributed by atoms with Gasteiger partial charge in [0.1, 0.15) is 5.70 Å². The second-order valence-corrected chi connectivity index (χ2v) is 7.21. The van der Waals surface area contributed by atoms with E-state index in [0.717, 1.165) is 22.5 Å². The quantitative estimate of drug-likeness (QED) is 0.674. The molecule has 0 fully saturated rings. The number of rotatable bonds is 6. The molecule has 1 aliphatic rings. The molecule has 0 bridgehead atoms. The number of carbonyl (C=O) groups excluding carboxylic acids is 2. The fourth-order valence-electron chi connectivity index (χ4n) is 3.40. The smallest absolute Gasteiger partial charge is 0.355 e. The molecule has 2 aromatic rings. The van der Waals surface area contributed by atoms with Crippen molar-refractivity contribution in [2.24, 2.45) is 0 Å². The topological polar surface area (TPSA) is 59.1 Å². The lowest BCUT2D eigenvalue weighted by Crippen LogP contribution is -2.48. The maximum atomic E-state index is 12.9. The van der Waals surface area contributed by atoms with Gasteiger partial charge in [0.15, 0.2) is 0 Å². The Kier molecular flexibility index (Phi) is 6.77. The van der Waals surface area contributed by atoms with E-state index in [1.54, 1.807) is 13.8 Å². The fourth-order valence-corrected chi connectivity index (χ4v) is 3.40. The minimum absolute atomic E-state index is 0.224. The molecule has 0 spiro atoms. The summed E-state index contributed by atoms with van der Waals surface area (Å²) in [6.45, 7) is 8.66. The molecular formula is C24H28N2O4. The molecule has 0 atom stereocenters. The number of anilines is 2. The van der Waals surface area contributed by atoms with Gasteiger partial charge < -0.3 is 19.3 Å². The summed E-state index contributed by atoms with van der Waals surface area (Å²) in [5, 5.41) is 0. The summed E-state index contributed by atoms with van der Waals surface area (Å²) >= 11 is 0. The van der Waals surface area contributed by atoms with Crippen molar-refractivity contribution in [3.8, 4) is 0 Å².